The van der Waals surface area contributed by atoms with E-state index >= 15 is 0 Å². The van der Waals surface area contributed by atoms with E-state index in [9.17, 15) is 13.2 Å². The van der Waals surface area contributed by atoms with Crippen LogP contribution in [0.1, 0.15) is 42.1 Å². The third-order valence-corrected chi connectivity index (χ3v) is 7.77. The first-order chi connectivity index (χ1) is 16.9. The Morgan fingerprint density at radius 2 is 1.86 bits per heavy atom. The van der Waals surface area contributed by atoms with E-state index in [1.54, 1.807) is 36.4 Å². The van der Waals surface area contributed by atoms with Crippen molar-refractivity contribution in [2.24, 2.45) is 0 Å². The topological polar surface area (TPSA) is 129 Å². The molecule has 1 saturated carbocycles. The van der Waals surface area contributed by atoms with Gasteiger partial charge in [-0.15, -0.1) is 0 Å². The highest BCUT2D eigenvalue weighted by Gasteiger charge is 2.25. The molecule has 0 aliphatic heterocycles. The van der Waals surface area contributed by atoms with Crippen molar-refractivity contribution < 1.29 is 17.9 Å². The molecule has 1 aliphatic carbocycles. The monoisotopic (exact) mass is 491 g/mol. The van der Waals surface area contributed by atoms with Crippen LogP contribution in [0.5, 0.6) is 0 Å². The summed E-state index contributed by atoms with van der Waals surface area (Å²) in [6.07, 6.45) is 7.87. The Morgan fingerprint density at radius 1 is 1.11 bits per heavy atom. The van der Waals surface area contributed by atoms with Crippen molar-refractivity contribution in [3.8, 4) is 11.1 Å². The fourth-order valence-corrected chi connectivity index (χ4v) is 5.77. The molecular formula is C25H25N5O4S. The van der Waals surface area contributed by atoms with Crippen molar-refractivity contribution in [2.75, 3.05) is 17.6 Å². The number of esters is 1. The van der Waals surface area contributed by atoms with Gasteiger partial charge in [0.1, 0.15) is 17.8 Å². The minimum Gasteiger partial charge on any atom is -0.465 e. The van der Waals surface area contributed by atoms with Gasteiger partial charge in [-0.3, -0.25) is 4.72 Å². The molecule has 180 valence electrons. The zero-order valence-corrected chi connectivity index (χ0v) is 20.0. The number of sulfonamides is 1. The zero-order chi connectivity index (χ0) is 24.6. The molecule has 35 heavy (non-hydrogen) atoms. The van der Waals surface area contributed by atoms with Crippen molar-refractivity contribution in [3.63, 3.8) is 0 Å². The summed E-state index contributed by atoms with van der Waals surface area (Å²) in [7, 11) is -2.65. The Hall–Kier alpha value is -3.92. The van der Waals surface area contributed by atoms with Crippen LogP contribution in [0.25, 0.3) is 22.2 Å². The summed E-state index contributed by atoms with van der Waals surface area (Å²) in [5, 5.41) is 0.702. The Balaban J connectivity index is 1.62. The van der Waals surface area contributed by atoms with Crippen LogP contribution in [-0.4, -0.2) is 36.0 Å². The van der Waals surface area contributed by atoms with Crippen LogP contribution in [0.15, 0.2) is 66.0 Å². The number of nitrogens with zero attached hydrogens (tertiary/aromatic N) is 3. The molecule has 0 unspecified atom stereocenters. The summed E-state index contributed by atoms with van der Waals surface area (Å²) in [4.78, 5) is 21.4. The predicted molar refractivity (Wildman–Crippen MR) is 133 cm³/mol. The van der Waals surface area contributed by atoms with Crippen LogP contribution in [0.3, 0.4) is 0 Å². The molecule has 10 heteroatoms. The number of nitrogen functional groups attached to an aromatic ring is 1. The van der Waals surface area contributed by atoms with E-state index in [1.165, 1.54) is 25.6 Å². The molecule has 0 amide bonds. The van der Waals surface area contributed by atoms with E-state index in [4.69, 9.17) is 10.5 Å². The quantitative estimate of drug-likeness (QED) is 0.383. The molecule has 0 spiro atoms. The number of fused-ring (bicyclic) bond motifs is 1. The van der Waals surface area contributed by atoms with E-state index in [-0.39, 0.29) is 16.1 Å². The molecule has 5 rings (SSSR count). The second-order valence-electron chi connectivity index (χ2n) is 8.52. The molecule has 3 N–H and O–H groups in total. The summed E-state index contributed by atoms with van der Waals surface area (Å²) in [6.45, 7) is 0. The molecule has 2 heterocycles. The SMILES string of the molecule is COC(=O)c1cc(-c2cn(C3CCCC3)c3ncnc(N)c23)ccc1NS(=O)(=O)c1ccccc1. The largest absolute Gasteiger partial charge is 0.465 e. The summed E-state index contributed by atoms with van der Waals surface area (Å²) in [6, 6.07) is 13.2. The second kappa shape index (κ2) is 9.03. The average molecular weight is 492 g/mol. The van der Waals surface area contributed by atoms with Gasteiger partial charge in [-0.05, 0) is 42.7 Å². The predicted octanol–water partition coefficient (Wildman–Crippen LogP) is 4.38. The molecule has 0 radical (unpaired) electrons. The van der Waals surface area contributed by atoms with Gasteiger partial charge in [0.05, 0.1) is 28.6 Å². The zero-order valence-electron chi connectivity index (χ0n) is 19.1. The summed E-state index contributed by atoms with van der Waals surface area (Å²) in [5.41, 5.74) is 8.66. The van der Waals surface area contributed by atoms with Crippen molar-refractivity contribution in [1.82, 2.24) is 14.5 Å². The van der Waals surface area contributed by atoms with E-state index < -0.39 is 16.0 Å². The van der Waals surface area contributed by atoms with E-state index in [0.717, 1.165) is 36.9 Å². The fraction of sp³-hybridized carbons (Fsp3) is 0.240. The van der Waals surface area contributed by atoms with Gasteiger partial charge >= 0.3 is 5.97 Å². The van der Waals surface area contributed by atoms with E-state index in [0.29, 0.717) is 22.8 Å². The number of nitrogens with one attached hydrogen (secondary N) is 1. The van der Waals surface area contributed by atoms with Crippen LogP contribution in [0.2, 0.25) is 0 Å². The van der Waals surface area contributed by atoms with Gasteiger partial charge in [0.25, 0.3) is 10.0 Å². The van der Waals surface area contributed by atoms with Gasteiger partial charge in [0.15, 0.2) is 0 Å². The molecule has 1 fully saturated rings. The lowest BCUT2D eigenvalue weighted by molar-refractivity contribution is 0.0602. The van der Waals surface area contributed by atoms with Gasteiger partial charge in [0, 0.05) is 17.8 Å². The maximum absolute atomic E-state index is 12.9. The number of ether oxygens (including phenoxy) is 1. The highest BCUT2D eigenvalue weighted by atomic mass is 32.2. The highest BCUT2D eigenvalue weighted by Crippen LogP contribution is 2.39. The normalized spacial score (nSPS) is 14.3. The van der Waals surface area contributed by atoms with Crippen molar-refractivity contribution in [3.05, 3.63) is 66.6 Å². The lowest BCUT2D eigenvalue weighted by Gasteiger charge is -2.13. The van der Waals surface area contributed by atoms with Crippen LogP contribution < -0.4 is 10.5 Å². The number of hydrogen-bond acceptors (Lipinski definition) is 7. The standard InChI is InChI=1S/C25H25N5O4S/c1-34-25(31)19-13-16(11-12-21(19)29-35(32,33)18-9-3-2-4-10-18)20-14-30(17-7-5-6-8-17)24-22(20)23(26)27-15-28-24/h2-4,9-15,17,29H,5-8H2,1H3,(H2,26,27,28). The molecule has 2 aromatic heterocycles. The first kappa shape index (κ1) is 22.9. The number of anilines is 2. The lowest BCUT2D eigenvalue weighted by Crippen LogP contribution is -2.16. The second-order valence-corrected chi connectivity index (χ2v) is 10.2. The Bertz CT molecular complexity index is 1510. The minimum atomic E-state index is -3.91. The number of carbonyl (C=O) groups is 1. The van der Waals surface area contributed by atoms with Crippen LogP contribution in [0, 0.1) is 0 Å². The third kappa shape index (κ3) is 4.21. The Morgan fingerprint density at radius 3 is 2.57 bits per heavy atom. The highest BCUT2D eigenvalue weighted by molar-refractivity contribution is 7.92. The Labute approximate surface area is 203 Å². The van der Waals surface area contributed by atoms with Crippen LogP contribution in [0.4, 0.5) is 11.5 Å². The van der Waals surface area contributed by atoms with E-state index in [2.05, 4.69) is 19.3 Å². The molecule has 1 aliphatic rings. The first-order valence-corrected chi connectivity index (χ1v) is 12.8. The molecular weight excluding hydrogens is 466 g/mol. The number of methoxy groups -OCH3 is 1. The van der Waals surface area contributed by atoms with Crippen molar-refractivity contribution in [2.45, 2.75) is 36.6 Å². The number of benzene rings is 2. The molecule has 0 atom stereocenters. The maximum atomic E-state index is 12.9. The number of hydrogen-bond donors (Lipinski definition) is 2. The average Bonchev–Trinajstić information content (AvgIpc) is 3.53. The van der Waals surface area contributed by atoms with Crippen molar-refractivity contribution >= 4 is 38.5 Å². The first-order valence-electron chi connectivity index (χ1n) is 11.3. The minimum absolute atomic E-state index is 0.0849. The molecule has 9 nitrogen and oxygen atoms in total. The van der Waals surface area contributed by atoms with Crippen LogP contribution in [-0.2, 0) is 14.8 Å². The molecule has 4 aromatic rings. The number of rotatable bonds is 6. The Kier molecular flexibility index (Phi) is 5.89. The molecule has 0 saturated heterocycles. The number of carbonyl (C=O) groups excluding carboxylic acids is 1. The lowest BCUT2D eigenvalue weighted by atomic mass is 10.0. The van der Waals surface area contributed by atoms with E-state index in [1.807, 2.05) is 6.20 Å². The van der Waals surface area contributed by atoms with Gasteiger partial charge < -0.3 is 15.0 Å². The summed E-state index contributed by atoms with van der Waals surface area (Å²) < 4.78 is 35.4. The summed E-state index contributed by atoms with van der Waals surface area (Å²) >= 11 is 0. The smallest absolute Gasteiger partial charge is 0.340 e. The maximum Gasteiger partial charge on any atom is 0.340 e. The van der Waals surface area contributed by atoms with Crippen molar-refractivity contribution in [1.29, 1.82) is 0 Å². The molecule has 0 bridgehead atoms. The summed E-state index contributed by atoms with van der Waals surface area (Å²) in [5.74, 6) is -0.323. The van der Waals surface area contributed by atoms with Gasteiger partial charge in [0.2, 0.25) is 0 Å². The van der Waals surface area contributed by atoms with Gasteiger partial charge in [-0.2, -0.15) is 0 Å². The van der Waals surface area contributed by atoms with Crippen LogP contribution >= 0.6 is 0 Å². The number of aromatic nitrogens is 3. The van der Waals surface area contributed by atoms with Gasteiger partial charge in [-0.25, -0.2) is 23.2 Å². The number of nitrogens with two attached hydrogens (primary N) is 1. The fourth-order valence-electron chi connectivity index (χ4n) is 4.67. The molecule has 2 aromatic carbocycles. The third-order valence-electron chi connectivity index (χ3n) is 6.39. The van der Waals surface area contributed by atoms with Gasteiger partial charge in [-0.1, -0.05) is 37.1 Å².